The van der Waals surface area contributed by atoms with E-state index in [0.717, 1.165) is 12.0 Å². The monoisotopic (exact) mass is 517 g/mol. The number of carboxylic acid groups (broad SMARTS) is 1. The van der Waals surface area contributed by atoms with Gasteiger partial charge < -0.3 is 25.5 Å². The summed E-state index contributed by atoms with van der Waals surface area (Å²) in [6.07, 6.45) is 5.87. The Morgan fingerprint density at radius 3 is 2.35 bits per heavy atom. The Bertz CT molecular complexity index is 969. The maximum absolute atomic E-state index is 12.6. The summed E-state index contributed by atoms with van der Waals surface area (Å²) >= 11 is 0. The van der Waals surface area contributed by atoms with E-state index in [-0.39, 0.29) is 22.7 Å². The van der Waals surface area contributed by atoms with Gasteiger partial charge in [-0.1, -0.05) is 72.3 Å². The Morgan fingerprint density at radius 2 is 1.78 bits per heavy atom. The largest absolute Gasteiger partial charge is 0.723 e. The number of fused-ring (bicyclic) bond motifs is 5. The first-order chi connectivity index (χ1) is 17.0. The Morgan fingerprint density at radius 1 is 1.14 bits per heavy atom. The van der Waals surface area contributed by atoms with Crippen LogP contribution >= 0.6 is 0 Å². The van der Waals surface area contributed by atoms with E-state index in [1.807, 2.05) is 13.8 Å². The van der Waals surface area contributed by atoms with E-state index in [1.165, 1.54) is 5.57 Å². The van der Waals surface area contributed by atoms with Crippen molar-refractivity contribution >= 4 is 5.97 Å². The van der Waals surface area contributed by atoms with E-state index in [2.05, 4.69) is 47.3 Å². The molecular weight excluding hydrogens is 468 g/mol. The number of aliphatic hydroxyl groups excluding tert-OH is 2. The minimum Gasteiger partial charge on any atom is -0.723 e. The average Bonchev–Trinajstić information content (AvgIpc) is 3.02. The molecule has 0 aromatic heterocycles. The minimum atomic E-state index is -1.01. The molecule has 0 aromatic carbocycles. The van der Waals surface area contributed by atoms with Crippen LogP contribution in [0.1, 0.15) is 99.8 Å². The molecule has 210 valence electrons. The maximum Gasteiger partial charge on any atom is 0.306 e. The van der Waals surface area contributed by atoms with E-state index in [9.17, 15) is 25.4 Å². The smallest absolute Gasteiger partial charge is 0.306 e. The van der Waals surface area contributed by atoms with Gasteiger partial charge in [-0.15, -0.1) is 0 Å². The van der Waals surface area contributed by atoms with Crippen molar-refractivity contribution < 1.29 is 30.3 Å². The summed E-state index contributed by atoms with van der Waals surface area (Å²) in [7, 11) is 0. The third-order valence-corrected chi connectivity index (χ3v) is 12.6. The van der Waals surface area contributed by atoms with Crippen LogP contribution in [0.5, 0.6) is 0 Å². The summed E-state index contributed by atoms with van der Waals surface area (Å²) in [4.78, 5) is 17.8. The summed E-state index contributed by atoms with van der Waals surface area (Å²) in [5.41, 5.74) is -0.642. The normalized spacial score (nSPS) is 45.4. The predicted octanol–water partition coefficient (Wildman–Crippen LogP) is 5.03. The molecule has 3 saturated carbocycles. The molecule has 6 nitrogen and oxygen atoms in total. The second-order valence-corrected chi connectivity index (χ2v) is 14.4. The SMILES string of the molecule is C=C(CC[C@@H](C(=O)O)[C@H]1[C@H](O)C[C@@]2(C)C3CC[C@@]4(O[O-])C(C)(C)[C@@H](O)CC[C@]4(C)C3=CC[C@]12C)C(C)C. The van der Waals surface area contributed by atoms with Crippen LogP contribution in [-0.2, 0) is 9.68 Å². The van der Waals surface area contributed by atoms with Gasteiger partial charge in [-0.3, -0.25) is 4.79 Å². The Kier molecular flexibility index (Phi) is 7.14. The molecule has 0 amide bonds. The zero-order valence-corrected chi connectivity index (χ0v) is 24.0. The van der Waals surface area contributed by atoms with Crippen molar-refractivity contribution in [3.63, 3.8) is 0 Å². The highest BCUT2D eigenvalue weighted by atomic mass is 17.1. The molecule has 3 N–H and O–H groups in total. The molecule has 9 atom stereocenters. The van der Waals surface area contributed by atoms with Gasteiger partial charge in [0.1, 0.15) is 0 Å². The van der Waals surface area contributed by atoms with Crippen LogP contribution in [0.2, 0.25) is 0 Å². The number of carbonyl (C=O) groups is 1. The third kappa shape index (κ3) is 3.68. The molecule has 0 heterocycles. The van der Waals surface area contributed by atoms with E-state index >= 15 is 0 Å². The lowest BCUT2D eigenvalue weighted by Crippen LogP contribution is -2.70. The van der Waals surface area contributed by atoms with Crippen LogP contribution in [0.15, 0.2) is 23.8 Å². The third-order valence-electron chi connectivity index (χ3n) is 12.6. The zero-order chi connectivity index (χ0) is 27.8. The second-order valence-electron chi connectivity index (χ2n) is 14.4. The van der Waals surface area contributed by atoms with Gasteiger partial charge in [-0.25, -0.2) is 0 Å². The van der Waals surface area contributed by atoms with E-state index in [0.29, 0.717) is 50.9 Å². The summed E-state index contributed by atoms with van der Waals surface area (Å²) in [6.45, 7) is 18.8. The summed E-state index contributed by atoms with van der Waals surface area (Å²) in [5, 5.41) is 45.3. The quantitative estimate of drug-likeness (QED) is 0.248. The van der Waals surface area contributed by atoms with Crippen LogP contribution < -0.4 is 5.26 Å². The summed E-state index contributed by atoms with van der Waals surface area (Å²) in [6, 6.07) is 0. The molecule has 0 aliphatic heterocycles. The van der Waals surface area contributed by atoms with Crippen molar-refractivity contribution in [2.45, 2.75) is 118 Å². The molecule has 0 bridgehead atoms. The Balaban J connectivity index is 1.75. The topological polar surface area (TPSA) is 110 Å². The summed E-state index contributed by atoms with van der Waals surface area (Å²) in [5.74, 6) is -1.40. The first-order valence-corrected chi connectivity index (χ1v) is 14.3. The average molecular weight is 518 g/mol. The number of rotatable bonds is 7. The first-order valence-electron chi connectivity index (χ1n) is 14.3. The molecule has 4 aliphatic carbocycles. The van der Waals surface area contributed by atoms with Gasteiger partial charge in [-0.05, 0) is 74.0 Å². The molecule has 1 unspecified atom stereocenters. The number of aliphatic carboxylic acids is 1. The van der Waals surface area contributed by atoms with Crippen molar-refractivity contribution in [3.05, 3.63) is 23.8 Å². The molecule has 4 rings (SSSR count). The van der Waals surface area contributed by atoms with E-state index < -0.39 is 40.5 Å². The fourth-order valence-corrected chi connectivity index (χ4v) is 9.73. The minimum absolute atomic E-state index is 0.130. The number of hydrogen-bond acceptors (Lipinski definition) is 5. The van der Waals surface area contributed by atoms with Crippen LogP contribution in [-0.4, -0.2) is 39.1 Å². The van der Waals surface area contributed by atoms with Crippen molar-refractivity contribution in [1.82, 2.24) is 0 Å². The Labute approximate surface area is 223 Å². The molecule has 37 heavy (non-hydrogen) atoms. The summed E-state index contributed by atoms with van der Waals surface area (Å²) < 4.78 is 0. The number of aliphatic hydroxyl groups is 2. The highest BCUT2D eigenvalue weighted by molar-refractivity contribution is 5.71. The van der Waals surface area contributed by atoms with Crippen LogP contribution in [0.3, 0.4) is 0 Å². The number of hydrogen-bond donors (Lipinski definition) is 3. The van der Waals surface area contributed by atoms with E-state index in [1.54, 1.807) is 0 Å². The number of allylic oxidation sites excluding steroid dienone is 2. The standard InChI is InChI=1S/C31H50O6/c1-18(2)19(3)9-10-20(26(34)35)25-23(32)17-30(8)22-12-16-31(37-36)27(4,5)24(33)13-15-28(31,6)21(22)11-14-29(25,30)7/h11,18,20,22-25,32-33,36H,3,9-10,12-17H2,1-2,4-8H3,(H,34,35)/p-1/t20-,22?,23-,24+,25+,28-,29-,30+,31-/m1/s1. The van der Waals surface area contributed by atoms with Gasteiger partial charge in [0.15, 0.2) is 0 Å². The second kappa shape index (κ2) is 9.18. The van der Waals surface area contributed by atoms with Crippen molar-refractivity contribution in [1.29, 1.82) is 0 Å². The highest BCUT2D eigenvalue weighted by Crippen LogP contribution is 2.74. The first kappa shape index (κ1) is 28.8. The lowest BCUT2D eigenvalue weighted by Gasteiger charge is -2.70. The molecule has 3 fully saturated rings. The molecule has 4 aliphatic rings. The fraction of sp³-hybridized carbons (Fsp3) is 0.839. The van der Waals surface area contributed by atoms with Gasteiger partial charge in [-0.2, -0.15) is 0 Å². The maximum atomic E-state index is 12.6. The molecular formula is C31H49O6-. The van der Waals surface area contributed by atoms with Gasteiger partial charge in [0.2, 0.25) is 0 Å². The molecule has 0 aromatic rings. The lowest BCUT2D eigenvalue weighted by molar-refractivity contribution is -0.734. The highest BCUT2D eigenvalue weighted by Gasteiger charge is 2.71. The van der Waals surface area contributed by atoms with Gasteiger partial charge in [0.05, 0.1) is 23.7 Å². The molecule has 0 saturated heterocycles. The fourth-order valence-electron chi connectivity index (χ4n) is 9.73. The molecule has 0 radical (unpaired) electrons. The van der Waals surface area contributed by atoms with Gasteiger partial charge in [0.25, 0.3) is 0 Å². The molecule has 6 heteroatoms. The predicted molar refractivity (Wildman–Crippen MR) is 141 cm³/mol. The van der Waals surface area contributed by atoms with Crippen molar-refractivity contribution in [3.8, 4) is 0 Å². The van der Waals surface area contributed by atoms with Crippen LogP contribution in [0.25, 0.3) is 0 Å². The Hall–Kier alpha value is -1.21. The van der Waals surface area contributed by atoms with Gasteiger partial charge in [0, 0.05) is 16.7 Å². The molecule has 0 spiro atoms. The number of carboxylic acids is 1. The van der Waals surface area contributed by atoms with E-state index in [4.69, 9.17) is 4.89 Å². The van der Waals surface area contributed by atoms with Gasteiger partial charge >= 0.3 is 5.97 Å². The zero-order valence-electron chi connectivity index (χ0n) is 24.0. The van der Waals surface area contributed by atoms with Crippen molar-refractivity contribution in [2.75, 3.05) is 0 Å². The van der Waals surface area contributed by atoms with Crippen LogP contribution in [0, 0.1) is 45.3 Å². The van der Waals surface area contributed by atoms with Crippen LogP contribution in [0.4, 0.5) is 0 Å². The van der Waals surface area contributed by atoms with Crippen molar-refractivity contribution in [2.24, 2.45) is 45.3 Å². The lowest BCUT2D eigenvalue weighted by atomic mass is 9.39.